The molecule has 9 nitrogen and oxygen atoms in total. The Morgan fingerprint density at radius 2 is 1.83 bits per heavy atom. The number of hydrogen-bond acceptors (Lipinski definition) is 8. The number of ether oxygens (including phenoxy) is 3. The molecule has 3 aromatic rings. The number of nitrogens with zero attached hydrogens (tertiary/aromatic N) is 2. The van der Waals surface area contributed by atoms with Gasteiger partial charge in [-0.2, -0.15) is 13.2 Å². The molecule has 1 saturated heterocycles. The van der Waals surface area contributed by atoms with E-state index in [2.05, 4.69) is 15.0 Å². The molecule has 2 aliphatic heterocycles. The fourth-order valence-corrected chi connectivity index (χ4v) is 5.21. The van der Waals surface area contributed by atoms with E-state index in [-0.39, 0.29) is 30.6 Å². The maximum Gasteiger partial charge on any atom is 0.416 e. The van der Waals surface area contributed by atoms with Crippen LogP contribution < -0.4 is 14.8 Å². The van der Waals surface area contributed by atoms with Crippen LogP contribution in [0.2, 0.25) is 0 Å². The highest BCUT2D eigenvalue weighted by atomic mass is 32.2. The molecule has 2 heterocycles. The number of hydrogen-bond donors (Lipinski definition) is 1. The predicted molar refractivity (Wildman–Crippen MR) is 144 cm³/mol. The molecular weight excluding hydrogens is 563 g/mol. The Balaban J connectivity index is 1.41. The summed E-state index contributed by atoms with van der Waals surface area (Å²) < 4.78 is 55.4. The standard InChI is InChI=1S/C28H22F3N3O6S/c1-38-26(37)17-6-8-19(9-7-17)32-25(36)23-13-24(35)34(14-16-5-10-21-22(11-16)40-15-39-21)27(41-23)33-20-4-2-3-18(12-20)28(29,30)31/h2-12,23H,13-15H2,1H3,(H,32,36)/t23-/m1/s1. The van der Waals surface area contributed by atoms with Gasteiger partial charge < -0.3 is 19.5 Å². The Hall–Kier alpha value is -4.52. The zero-order valence-electron chi connectivity index (χ0n) is 21.4. The van der Waals surface area contributed by atoms with E-state index in [1.807, 2.05) is 0 Å². The molecule has 2 aliphatic rings. The molecule has 3 aromatic carbocycles. The van der Waals surface area contributed by atoms with Crippen LogP contribution in [0.5, 0.6) is 11.5 Å². The third-order valence-corrected chi connectivity index (χ3v) is 7.37. The lowest BCUT2D eigenvalue weighted by Crippen LogP contribution is -2.44. The van der Waals surface area contributed by atoms with E-state index in [0.717, 1.165) is 23.9 Å². The minimum absolute atomic E-state index is 0.0229. The zero-order valence-corrected chi connectivity index (χ0v) is 22.3. The number of amidine groups is 1. The summed E-state index contributed by atoms with van der Waals surface area (Å²) in [4.78, 5) is 43.8. The molecule has 2 amide bonds. The highest BCUT2D eigenvalue weighted by Gasteiger charge is 2.37. The van der Waals surface area contributed by atoms with Gasteiger partial charge in [-0.25, -0.2) is 9.79 Å². The van der Waals surface area contributed by atoms with Crippen molar-refractivity contribution >= 4 is 46.1 Å². The molecule has 1 atom stereocenters. The number of halogens is 3. The molecule has 5 rings (SSSR count). The fourth-order valence-electron chi connectivity index (χ4n) is 4.11. The summed E-state index contributed by atoms with van der Waals surface area (Å²) in [6, 6.07) is 15.6. The van der Waals surface area contributed by atoms with Crippen LogP contribution in [-0.2, 0) is 27.0 Å². The molecule has 0 aliphatic carbocycles. The molecular formula is C28H22F3N3O6S. The highest BCUT2D eigenvalue weighted by molar-refractivity contribution is 8.15. The van der Waals surface area contributed by atoms with Crippen LogP contribution in [0.1, 0.15) is 27.9 Å². The first-order chi connectivity index (χ1) is 19.6. The number of aliphatic imine (C=N–C) groups is 1. The van der Waals surface area contributed by atoms with E-state index in [1.54, 1.807) is 18.2 Å². The number of carbonyl (C=O) groups is 3. The summed E-state index contributed by atoms with van der Waals surface area (Å²) in [6.07, 6.45) is -4.76. The van der Waals surface area contributed by atoms with Gasteiger partial charge >= 0.3 is 12.1 Å². The molecule has 0 saturated carbocycles. The maximum absolute atomic E-state index is 13.3. The molecule has 0 radical (unpaired) electrons. The second-order valence-electron chi connectivity index (χ2n) is 8.98. The summed E-state index contributed by atoms with van der Waals surface area (Å²) in [7, 11) is 1.25. The third kappa shape index (κ3) is 6.46. The van der Waals surface area contributed by atoms with Crippen LogP contribution in [0.25, 0.3) is 0 Å². The summed E-state index contributed by atoms with van der Waals surface area (Å²) in [5.41, 5.74) is 0.439. The minimum atomic E-state index is -4.58. The number of rotatable bonds is 6. The number of anilines is 1. The Morgan fingerprint density at radius 1 is 1.07 bits per heavy atom. The van der Waals surface area contributed by atoms with E-state index in [9.17, 15) is 27.6 Å². The first kappa shape index (κ1) is 28.0. The van der Waals surface area contributed by atoms with Crippen molar-refractivity contribution in [3.8, 4) is 11.5 Å². The van der Waals surface area contributed by atoms with E-state index < -0.39 is 34.8 Å². The average Bonchev–Trinajstić information content (AvgIpc) is 3.42. The van der Waals surface area contributed by atoms with Crippen molar-refractivity contribution in [3.05, 3.63) is 83.4 Å². The predicted octanol–water partition coefficient (Wildman–Crippen LogP) is 5.38. The molecule has 0 unspecified atom stereocenters. The van der Waals surface area contributed by atoms with E-state index in [1.165, 1.54) is 48.4 Å². The van der Waals surface area contributed by atoms with Gasteiger partial charge in [-0.15, -0.1) is 0 Å². The van der Waals surface area contributed by atoms with Gasteiger partial charge in [-0.3, -0.25) is 14.5 Å². The quantitative estimate of drug-likeness (QED) is 0.387. The van der Waals surface area contributed by atoms with Crippen LogP contribution in [0.15, 0.2) is 71.7 Å². The van der Waals surface area contributed by atoms with E-state index >= 15 is 0 Å². The lowest BCUT2D eigenvalue weighted by atomic mass is 10.1. The lowest BCUT2D eigenvalue weighted by Gasteiger charge is -2.32. The SMILES string of the molecule is COC(=O)c1ccc(NC(=O)[C@H]2CC(=O)N(Cc3ccc4c(c3)OCO4)C(=Nc3cccc(C(F)(F)F)c3)S2)cc1. The lowest BCUT2D eigenvalue weighted by molar-refractivity contribution is -0.137. The van der Waals surface area contributed by atoms with Gasteiger partial charge in [-0.05, 0) is 60.2 Å². The van der Waals surface area contributed by atoms with Crippen molar-refractivity contribution in [2.45, 2.75) is 24.4 Å². The Kier molecular flexibility index (Phi) is 7.88. The van der Waals surface area contributed by atoms with Gasteiger partial charge in [0.15, 0.2) is 16.7 Å². The molecule has 0 spiro atoms. The van der Waals surface area contributed by atoms with Gasteiger partial charge in [0, 0.05) is 12.1 Å². The third-order valence-electron chi connectivity index (χ3n) is 6.18. The van der Waals surface area contributed by atoms with Crippen LogP contribution in [0.4, 0.5) is 24.5 Å². The van der Waals surface area contributed by atoms with Crippen molar-refractivity contribution in [1.82, 2.24) is 4.90 Å². The van der Waals surface area contributed by atoms with Crippen molar-refractivity contribution in [2.24, 2.45) is 4.99 Å². The number of methoxy groups -OCH3 is 1. The van der Waals surface area contributed by atoms with Crippen molar-refractivity contribution in [3.63, 3.8) is 0 Å². The molecule has 212 valence electrons. The number of amides is 2. The molecule has 13 heteroatoms. The van der Waals surface area contributed by atoms with Crippen molar-refractivity contribution < 1.29 is 41.8 Å². The van der Waals surface area contributed by atoms with Gasteiger partial charge in [0.1, 0.15) is 5.25 Å². The fraction of sp³-hybridized carbons (Fsp3) is 0.214. The van der Waals surface area contributed by atoms with Crippen molar-refractivity contribution in [1.29, 1.82) is 0 Å². The summed E-state index contributed by atoms with van der Waals surface area (Å²) >= 11 is 0.967. The van der Waals surface area contributed by atoms with E-state index in [0.29, 0.717) is 28.3 Å². The molecule has 1 N–H and O–H groups in total. The van der Waals surface area contributed by atoms with Crippen LogP contribution in [0.3, 0.4) is 0 Å². The Labute approximate surface area is 236 Å². The topological polar surface area (TPSA) is 107 Å². The smallest absolute Gasteiger partial charge is 0.416 e. The van der Waals surface area contributed by atoms with E-state index in [4.69, 9.17) is 9.47 Å². The minimum Gasteiger partial charge on any atom is -0.465 e. The van der Waals surface area contributed by atoms with Crippen LogP contribution >= 0.6 is 11.8 Å². The summed E-state index contributed by atoms with van der Waals surface area (Å²) in [6.45, 7) is 0.116. The van der Waals surface area contributed by atoms with Gasteiger partial charge in [0.05, 0.1) is 30.5 Å². The first-order valence-corrected chi connectivity index (χ1v) is 13.1. The monoisotopic (exact) mass is 585 g/mol. The van der Waals surface area contributed by atoms with Gasteiger partial charge in [-0.1, -0.05) is 23.9 Å². The summed E-state index contributed by atoms with van der Waals surface area (Å²) in [5.74, 6) is -0.412. The largest absolute Gasteiger partial charge is 0.465 e. The second kappa shape index (κ2) is 11.5. The van der Waals surface area contributed by atoms with Crippen LogP contribution in [-0.4, -0.2) is 47.0 Å². The van der Waals surface area contributed by atoms with Gasteiger partial charge in [0.25, 0.3) is 0 Å². The highest BCUT2D eigenvalue weighted by Crippen LogP contribution is 2.36. The second-order valence-corrected chi connectivity index (χ2v) is 10.1. The molecule has 0 aromatic heterocycles. The summed E-state index contributed by atoms with van der Waals surface area (Å²) in [5, 5.41) is 1.86. The number of carbonyl (C=O) groups excluding carboxylic acids is 3. The molecule has 0 bridgehead atoms. The normalized spacial score (nSPS) is 17.5. The Bertz CT molecular complexity index is 1530. The average molecular weight is 586 g/mol. The number of fused-ring (bicyclic) bond motifs is 1. The molecule has 41 heavy (non-hydrogen) atoms. The molecule has 1 fully saturated rings. The maximum atomic E-state index is 13.3. The number of esters is 1. The Morgan fingerprint density at radius 3 is 2.56 bits per heavy atom. The van der Waals surface area contributed by atoms with Crippen molar-refractivity contribution in [2.75, 3.05) is 19.2 Å². The first-order valence-electron chi connectivity index (χ1n) is 12.2. The zero-order chi connectivity index (χ0) is 29.1. The number of nitrogens with one attached hydrogen (secondary N) is 1. The van der Waals surface area contributed by atoms with Crippen LogP contribution in [0, 0.1) is 0 Å². The number of benzene rings is 3. The van der Waals surface area contributed by atoms with Gasteiger partial charge in [0.2, 0.25) is 18.6 Å². The number of thioether (sulfide) groups is 1. The number of alkyl halides is 3.